The minimum atomic E-state index is -0.438. The first kappa shape index (κ1) is 14.4. The lowest BCUT2D eigenvalue weighted by molar-refractivity contribution is 0.0834. The van der Waals surface area contributed by atoms with E-state index >= 15 is 0 Å². The Morgan fingerprint density at radius 3 is 2.59 bits per heavy atom. The molecule has 1 amide bonds. The van der Waals surface area contributed by atoms with E-state index in [1.165, 1.54) is 0 Å². The van der Waals surface area contributed by atoms with Gasteiger partial charge in [0.2, 0.25) is 0 Å². The van der Waals surface area contributed by atoms with Crippen LogP contribution >= 0.6 is 0 Å². The third-order valence-electron chi connectivity index (χ3n) is 3.66. The molecule has 2 aromatic carbocycles. The first-order chi connectivity index (χ1) is 10.5. The maximum absolute atomic E-state index is 13.0. The molecule has 22 heavy (non-hydrogen) atoms. The van der Waals surface area contributed by atoms with E-state index in [-0.39, 0.29) is 5.91 Å². The van der Waals surface area contributed by atoms with E-state index in [2.05, 4.69) is 0 Å². The molecule has 0 radical (unpaired) electrons. The van der Waals surface area contributed by atoms with Crippen molar-refractivity contribution in [3.63, 3.8) is 0 Å². The Hall–Kier alpha value is -2.49. The third-order valence-corrected chi connectivity index (χ3v) is 3.66. The highest BCUT2D eigenvalue weighted by Gasteiger charge is 2.35. The summed E-state index contributed by atoms with van der Waals surface area (Å²) in [6, 6.07) is 14.9. The number of para-hydroxylation sites is 3. The minimum absolute atomic E-state index is 0.0822. The number of hydrogen-bond donors (Lipinski definition) is 0. The average Bonchev–Trinajstić information content (AvgIpc) is 2.52. The van der Waals surface area contributed by atoms with E-state index in [0.717, 1.165) is 11.4 Å². The summed E-state index contributed by atoms with van der Waals surface area (Å²) < 4.78 is 11.3. The summed E-state index contributed by atoms with van der Waals surface area (Å²) in [4.78, 5) is 14.8. The average molecular weight is 297 g/mol. The van der Waals surface area contributed by atoms with Gasteiger partial charge in [0, 0.05) is 0 Å². The summed E-state index contributed by atoms with van der Waals surface area (Å²) in [7, 11) is 1.57. The first-order valence-corrected chi connectivity index (χ1v) is 7.25. The van der Waals surface area contributed by atoms with Gasteiger partial charge in [0.1, 0.15) is 17.1 Å². The molecule has 4 nitrogen and oxygen atoms in total. The highest BCUT2D eigenvalue weighted by molar-refractivity contribution is 6.09. The molecule has 1 aliphatic rings. The molecule has 0 aromatic heterocycles. The lowest BCUT2D eigenvalue weighted by Crippen LogP contribution is -2.49. The van der Waals surface area contributed by atoms with Gasteiger partial charge in [0.05, 0.1) is 24.9 Å². The Morgan fingerprint density at radius 2 is 1.82 bits per heavy atom. The highest BCUT2D eigenvalue weighted by atomic mass is 16.5. The summed E-state index contributed by atoms with van der Waals surface area (Å²) in [6.07, 6.45) is 0. The Morgan fingerprint density at radius 1 is 1.14 bits per heavy atom. The monoisotopic (exact) mass is 297 g/mol. The molecule has 0 atom stereocenters. The summed E-state index contributed by atoms with van der Waals surface area (Å²) >= 11 is 0. The van der Waals surface area contributed by atoms with Gasteiger partial charge < -0.3 is 14.4 Å². The molecular formula is C18H19NO3. The lowest BCUT2D eigenvalue weighted by atomic mass is 10.0. The van der Waals surface area contributed by atoms with Crippen LogP contribution in [-0.2, 0) is 0 Å². The predicted molar refractivity (Wildman–Crippen MR) is 85.8 cm³/mol. The van der Waals surface area contributed by atoms with Crippen LogP contribution in [0.5, 0.6) is 11.5 Å². The van der Waals surface area contributed by atoms with Crippen molar-refractivity contribution >= 4 is 11.6 Å². The molecule has 0 saturated carbocycles. The highest BCUT2D eigenvalue weighted by Crippen LogP contribution is 2.38. The van der Waals surface area contributed by atoms with E-state index in [4.69, 9.17) is 9.47 Å². The fourth-order valence-corrected chi connectivity index (χ4v) is 2.71. The van der Waals surface area contributed by atoms with Crippen LogP contribution in [0.1, 0.15) is 24.2 Å². The summed E-state index contributed by atoms with van der Waals surface area (Å²) in [5, 5.41) is 0. The minimum Gasteiger partial charge on any atom is -0.496 e. The van der Waals surface area contributed by atoms with Gasteiger partial charge in [-0.2, -0.15) is 0 Å². The second kappa shape index (κ2) is 5.37. The van der Waals surface area contributed by atoms with Crippen molar-refractivity contribution in [1.29, 1.82) is 0 Å². The number of benzene rings is 2. The number of amides is 1. The van der Waals surface area contributed by atoms with Gasteiger partial charge in [-0.15, -0.1) is 0 Å². The topological polar surface area (TPSA) is 38.8 Å². The van der Waals surface area contributed by atoms with Gasteiger partial charge in [-0.1, -0.05) is 24.3 Å². The van der Waals surface area contributed by atoms with Gasteiger partial charge in [0.15, 0.2) is 0 Å². The number of ether oxygens (including phenoxy) is 2. The van der Waals surface area contributed by atoms with Crippen molar-refractivity contribution in [1.82, 2.24) is 0 Å². The van der Waals surface area contributed by atoms with Gasteiger partial charge >= 0.3 is 0 Å². The van der Waals surface area contributed by atoms with Crippen LogP contribution in [0.2, 0.25) is 0 Å². The molecule has 2 aromatic rings. The molecule has 0 N–H and O–H groups in total. The van der Waals surface area contributed by atoms with Crippen molar-refractivity contribution in [2.45, 2.75) is 19.4 Å². The maximum atomic E-state index is 13.0. The number of anilines is 1. The summed E-state index contributed by atoms with van der Waals surface area (Å²) in [5.74, 6) is 1.22. The second-order valence-electron chi connectivity index (χ2n) is 5.92. The van der Waals surface area contributed by atoms with Crippen LogP contribution in [0.15, 0.2) is 48.5 Å². The van der Waals surface area contributed by atoms with Crippen LogP contribution in [0.3, 0.4) is 0 Å². The molecule has 1 aliphatic heterocycles. The van der Waals surface area contributed by atoms with E-state index < -0.39 is 5.60 Å². The van der Waals surface area contributed by atoms with Crippen LogP contribution in [0.4, 0.5) is 5.69 Å². The Labute approximate surface area is 130 Å². The van der Waals surface area contributed by atoms with Crippen LogP contribution in [0.25, 0.3) is 0 Å². The second-order valence-corrected chi connectivity index (χ2v) is 5.92. The molecule has 114 valence electrons. The quantitative estimate of drug-likeness (QED) is 0.851. The molecule has 0 aliphatic carbocycles. The van der Waals surface area contributed by atoms with Crippen molar-refractivity contribution in [2.24, 2.45) is 0 Å². The standard InChI is InChI=1S/C18H19NO3/c1-18(2)12-19(14-9-5-7-11-16(14)22-18)17(20)13-8-4-6-10-15(13)21-3/h4-11H,12H2,1-3H3. The third kappa shape index (κ3) is 2.52. The van der Waals surface area contributed by atoms with E-state index in [1.54, 1.807) is 24.1 Å². The van der Waals surface area contributed by atoms with Crippen LogP contribution < -0.4 is 14.4 Å². The Balaban J connectivity index is 2.05. The zero-order chi connectivity index (χ0) is 15.7. The Kier molecular flexibility index (Phi) is 3.53. The number of hydrogen-bond acceptors (Lipinski definition) is 3. The molecular weight excluding hydrogens is 278 g/mol. The molecule has 4 heteroatoms. The van der Waals surface area contributed by atoms with Crippen molar-refractivity contribution in [3.8, 4) is 11.5 Å². The Bertz CT molecular complexity index is 709. The molecule has 0 spiro atoms. The lowest BCUT2D eigenvalue weighted by Gasteiger charge is -2.39. The first-order valence-electron chi connectivity index (χ1n) is 7.25. The number of fused-ring (bicyclic) bond motifs is 1. The normalized spacial score (nSPS) is 15.7. The number of rotatable bonds is 2. The predicted octanol–water partition coefficient (Wildman–Crippen LogP) is 3.51. The molecule has 0 unspecified atom stereocenters. The molecule has 3 rings (SSSR count). The molecule has 0 bridgehead atoms. The van der Waals surface area contributed by atoms with Crippen LogP contribution in [-0.4, -0.2) is 25.2 Å². The van der Waals surface area contributed by atoms with Crippen molar-refractivity contribution in [3.05, 3.63) is 54.1 Å². The molecule has 0 fully saturated rings. The van der Waals surface area contributed by atoms with Crippen LogP contribution in [0, 0.1) is 0 Å². The molecule has 0 saturated heterocycles. The number of carbonyl (C=O) groups excluding carboxylic acids is 1. The smallest absolute Gasteiger partial charge is 0.262 e. The SMILES string of the molecule is COc1ccccc1C(=O)N1CC(C)(C)Oc2ccccc21. The van der Waals surface area contributed by atoms with Crippen molar-refractivity contribution < 1.29 is 14.3 Å². The van der Waals surface area contributed by atoms with Gasteiger partial charge in [0.25, 0.3) is 5.91 Å². The fourth-order valence-electron chi connectivity index (χ4n) is 2.71. The maximum Gasteiger partial charge on any atom is 0.262 e. The zero-order valence-electron chi connectivity index (χ0n) is 13.0. The zero-order valence-corrected chi connectivity index (χ0v) is 13.0. The number of nitrogens with zero attached hydrogens (tertiary/aromatic N) is 1. The largest absolute Gasteiger partial charge is 0.496 e. The molecule has 1 heterocycles. The summed E-state index contributed by atoms with van der Waals surface area (Å²) in [5.41, 5.74) is 0.904. The fraction of sp³-hybridized carbons (Fsp3) is 0.278. The van der Waals surface area contributed by atoms with E-state index in [1.807, 2.05) is 50.2 Å². The van der Waals surface area contributed by atoms with Gasteiger partial charge in [-0.25, -0.2) is 0 Å². The van der Waals surface area contributed by atoms with Crippen molar-refractivity contribution in [2.75, 3.05) is 18.6 Å². The van der Waals surface area contributed by atoms with Gasteiger partial charge in [-0.3, -0.25) is 4.79 Å². The van der Waals surface area contributed by atoms with E-state index in [9.17, 15) is 4.79 Å². The number of methoxy groups -OCH3 is 1. The van der Waals surface area contributed by atoms with Gasteiger partial charge in [-0.05, 0) is 38.1 Å². The van der Waals surface area contributed by atoms with E-state index in [0.29, 0.717) is 17.9 Å². The number of carbonyl (C=O) groups is 1. The summed E-state index contributed by atoms with van der Waals surface area (Å²) in [6.45, 7) is 4.44.